The molecule has 7 rings (SSSR count). The average Bonchev–Trinajstić information content (AvgIpc) is 3.08. The van der Waals surface area contributed by atoms with Crippen LogP contribution in [0.3, 0.4) is 0 Å². The Morgan fingerprint density at radius 3 is 2.02 bits per heavy atom. The first-order chi connectivity index (χ1) is 23.5. The molecular formula is C36H30N4O7S2. The predicted molar refractivity (Wildman–Crippen MR) is 192 cm³/mol. The molecule has 11 nitrogen and oxygen atoms in total. The van der Waals surface area contributed by atoms with Gasteiger partial charge in [-0.1, -0.05) is 60.7 Å². The third-order valence-electron chi connectivity index (χ3n) is 8.02. The summed E-state index contributed by atoms with van der Waals surface area (Å²) in [5.41, 5.74) is 4.26. The summed E-state index contributed by atoms with van der Waals surface area (Å²) < 4.78 is 77.6. The Kier molecular flexibility index (Phi) is 8.12. The van der Waals surface area contributed by atoms with Gasteiger partial charge in [-0.15, -0.1) is 0 Å². The molecule has 0 saturated carbocycles. The van der Waals surface area contributed by atoms with E-state index in [4.69, 9.17) is 4.74 Å². The number of benzene rings is 6. The van der Waals surface area contributed by atoms with E-state index in [2.05, 4.69) is 16.0 Å². The van der Waals surface area contributed by atoms with Gasteiger partial charge in [0.1, 0.15) is 15.5 Å². The highest BCUT2D eigenvalue weighted by Gasteiger charge is 2.32. The van der Waals surface area contributed by atoms with E-state index < -0.39 is 25.1 Å². The zero-order valence-electron chi connectivity index (χ0n) is 26.0. The minimum Gasteiger partial charge on any atom is -0.492 e. The summed E-state index contributed by atoms with van der Waals surface area (Å²) in [5.74, 6) is 0.491. The predicted octanol–water partition coefficient (Wildman–Crippen LogP) is 8.75. The maximum Gasteiger partial charge on any atom is 0.296 e. The average molecular weight is 695 g/mol. The number of hydrogen-bond acceptors (Lipinski definition) is 9. The molecule has 6 aromatic rings. The van der Waals surface area contributed by atoms with E-state index in [9.17, 15) is 25.9 Å². The highest BCUT2D eigenvalue weighted by molar-refractivity contribution is 7.86. The third kappa shape index (κ3) is 6.11. The second-order valence-electron chi connectivity index (χ2n) is 11.2. The van der Waals surface area contributed by atoms with E-state index in [0.717, 1.165) is 0 Å². The maximum absolute atomic E-state index is 12.9. The van der Waals surface area contributed by atoms with Crippen LogP contribution in [-0.2, 0) is 20.2 Å². The van der Waals surface area contributed by atoms with Crippen LogP contribution in [-0.4, -0.2) is 32.5 Å². The van der Waals surface area contributed by atoms with Gasteiger partial charge in [0, 0.05) is 22.1 Å². The Hall–Kier alpha value is -5.60. The van der Waals surface area contributed by atoms with Crippen LogP contribution < -0.4 is 25.6 Å². The lowest BCUT2D eigenvalue weighted by atomic mass is 9.99. The van der Waals surface area contributed by atoms with Crippen molar-refractivity contribution in [2.75, 3.05) is 27.5 Å². The molecule has 1 heterocycles. The molecule has 1 aliphatic rings. The number of fused-ring (bicyclic) bond motifs is 4. The van der Waals surface area contributed by atoms with Crippen LogP contribution in [0.4, 0.5) is 51.2 Å². The minimum absolute atomic E-state index is 0.0941. The summed E-state index contributed by atoms with van der Waals surface area (Å²) in [6.45, 7) is 2.22. The van der Waals surface area contributed by atoms with E-state index in [1.165, 1.54) is 18.2 Å². The smallest absolute Gasteiger partial charge is 0.296 e. The maximum atomic E-state index is 12.9. The first-order valence-electron chi connectivity index (χ1n) is 15.2. The Balaban J connectivity index is 1.52. The topological polar surface area (TPSA) is 157 Å². The highest BCUT2D eigenvalue weighted by atomic mass is 32.2. The van der Waals surface area contributed by atoms with Crippen molar-refractivity contribution in [2.45, 2.75) is 16.7 Å². The Bertz CT molecular complexity index is 2440. The van der Waals surface area contributed by atoms with Crippen LogP contribution in [0.15, 0.2) is 131 Å². The van der Waals surface area contributed by atoms with Crippen LogP contribution in [0.25, 0.3) is 10.8 Å². The molecule has 0 spiro atoms. The zero-order chi connectivity index (χ0) is 34.3. The first kappa shape index (κ1) is 32.0. The quantitative estimate of drug-likeness (QED) is 0.0920. The molecule has 0 bridgehead atoms. The fourth-order valence-electron chi connectivity index (χ4n) is 6.02. The molecule has 13 heteroatoms. The molecule has 0 aromatic heterocycles. The molecule has 0 fully saturated rings. The van der Waals surface area contributed by atoms with Crippen molar-refractivity contribution in [1.29, 1.82) is 0 Å². The summed E-state index contributed by atoms with van der Waals surface area (Å²) in [6, 6.07) is 34.9. The van der Waals surface area contributed by atoms with Gasteiger partial charge in [0.2, 0.25) is 0 Å². The van der Waals surface area contributed by atoms with Crippen molar-refractivity contribution in [1.82, 2.24) is 0 Å². The van der Waals surface area contributed by atoms with Crippen molar-refractivity contribution in [2.24, 2.45) is 0 Å². The zero-order valence-corrected chi connectivity index (χ0v) is 27.6. The standard InChI is InChI=1S/C36H30N4O7S2/c1-2-47-32-18-10-9-17-26(32)38-28-20-30-27(22-34(28)49(44,45)46)39-36-25-16-11-19-33(48(41,42)43)35(25)29(37-23-12-5-3-6-13-23)21-31(36)40(30)24-14-7-4-8-15-24/h3-22,37-39H,2H2,1H3,(H,41,42,43)(H,44,45,46). The number of anilines is 9. The van der Waals surface area contributed by atoms with Gasteiger partial charge in [-0.2, -0.15) is 16.8 Å². The molecule has 0 atom stereocenters. The summed E-state index contributed by atoms with van der Waals surface area (Å²) in [6.07, 6.45) is 0. The van der Waals surface area contributed by atoms with E-state index >= 15 is 0 Å². The second-order valence-corrected chi connectivity index (χ2v) is 13.9. The van der Waals surface area contributed by atoms with Crippen molar-refractivity contribution < 1.29 is 30.7 Å². The lowest BCUT2D eigenvalue weighted by Gasteiger charge is -2.36. The van der Waals surface area contributed by atoms with Gasteiger partial charge in [0.05, 0.1) is 46.4 Å². The van der Waals surface area contributed by atoms with E-state index in [0.29, 0.717) is 63.2 Å². The normalized spacial score (nSPS) is 12.5. The van der Waals surface area contributed by atoms with Gasteiger partial charge in [-0.25, -0.2) is 0 Å². The Morgan fingerprint density at radius 2 is 1.33 bits per heavy atom. The van der Waals surface area contributed by atoms with Crippen LogP contribution >= 0.6 is 0 Å². The lowest BCUT2D eigenvalue weighted by Crippen LogP contribution is -2.20. The third-order valence-corrected chi connectivity index (χ3v) is 9.81. The van der Waals surface area contributed by atoms with Gasteiger partial charge >= 0.3 is 0 Å². The summed E-state index contributed by atoms with van der Waals surface area (Å²) in [7, 11) is -9.44. The molecule has 0 amide bonds. The molecule has 0 radical (unpaired) electrons. The van der Waals surface area contributed by atoms with Crippen LogP contribution in [0, 0.1) is 0 Å². The summed E-state index contributed by atoms with van der Waals surface area (Å²) in [5, 5.41) is 10.4. The molecular weight excluding hydrogens is 665 g/mol. The van der Waals surface area contributed by atoms with Crippen molar-refractivity contribution in [3.8, 4) is 5.75 Å². The largest absolute Gasteiger partial charge is 0.492 e. The first-order valence-corrected chi connectivity index (χ1v) is 18.1. The van der Waals surface area contributed by atoms with Crippen molar-refractivity contribution in [3.05, 3.63) is 121 Å². The monoisotopic (exact) mass is 694 g/mol. The molecule has 248 valence electrons. The second kappa shape index (κ2) is 12.5. The fourth-order valence-corrected chi connectivity index (χ4v) is 7.40. The molecule has 0 unspecified atom stereocenters. The van der Waals surface area contributed by atoms with Gasteiger partial charge in [-0.05, 0) is 67.6 Å². The van der Waals surface area contributed by atoms with Crippen LogP contribution in [0.5, 0.6) is 5.75 Å². The lowest BCUT2D eigenvalue weighted by molar-refractivity contribution is 0.342. The summed E-state index contributed by atoms with van der Waals surface area (Å²) in [4.78, 5) is 1.20. The van der Waals surface area contributed by atoms with E-state index in [1.54, 1.807) is 42.5 Å². The number of hydrogen-bond donors (Lipinski definition) is 5. The molecule has 1 aliphatic heterocycles. The van der Waals surface area contributed by atoms with Crippen molar-refractivity contribution in [3.63, 3.8) is 0 Å². The van der Waals surface area contributed by atoms with E-state index in [1.807, 2.05) is 72.5 Å². The minimum atomic E-state index is -4.77. The van der Waals surface area contributed by atoms with Gasteiger partial charge < -0.3 is 25.6 Å². The Morgan fingerprint density at radius 1 is 0.673 bits per heavy atom. The number of ether oxygens (including phenoxy) is 1. The number of nitrogens with one attached hydrogen (secondary N) is 3. The number of rotatable bonds is 9. The Labute approximate surface area is 283 Å². The van der Waals surface area contributed by atoms with Crippen LogP contribution in [0.2, 0.25) is 0 Å². The fraction of sp³-hybridized carbons (Fsp3) is 0.0556. The molecule has 5 N–H and O–H groups in total. The van der Waals surface area contributed by atoms with Gasteiger partial charge in [0.25, 0.3) is 20.2 Å². The van der Waals surface area contributed by atoms with Gasteiger partial charge in [-0.3, -0.25) is 9.11 Å². The molecule has 6 aromatic carbocycles. The highest BCUT2D eigenvalue weighted by Crippen LogP contribution is 2.54. The number of para-hydroxylation sites is 4. The number of nitrogens with zero attached hydrogens (tertiary/aromatic N) is 1. The van der Waals surface area contributed by atoms with E-state index in [-0.39, 0.29) is 16.0 Å². The van der Waals surface area contributed by atoms with Gasteiger partial charge in [0.15, 0.2) is 0 Å². The SMILES string of the molecule is CCOc1ccccc1Nc1cc2c(cc1S(=O)(=O)O)Nc1c(cc(Nc3ccccc3)c3c(S(=O)(=O)O)cccc13)N2c1ccccc1. The summed E-state index contributed by atoms with van der Waals surface area (Å²) >= 11 is 0. The van der Waals surface area contributed by atoms with Crippen LogP contribution in [0.1, 0.15) is 6.92 Å². The molecule has 0 aliphatic carbocycles. The van der Waals surface area contributed by atoms with Crippen molar-refractivity contribution >= 4 is 82.2 Å². The molecule has 49 heavy (non-hydrogen) atoms. The molecule has 0 saturated heterocycles.